The molecule has 0 radical (unpaired) electrons. The number of carboxylic acid groups (broad SMARTS) is 1. The van der Waals surface area contributed by atoms with E-state index in [2.05, 4.69) is 4.98 Å². The van der Waals surface area contributed by atoms with Gasteiger partial charge in [0.25, 0.3) is 5.91 Å². The van der Waals surface area contributed by atoms with E-state index in [0.29, 0.717) is 16.8 Å². The quantitative estimate of drug-likeness (QED) is 0.681. The zero-order chi connectivity index (χ0) is 17.3. The van der Waals surface area contributed by atoms with Crippen LogP contribution in [0.25, 0.3) is 5.57 Å². The van der Waals surface area contributed by atoms with Gasteiger partial charge in [-0.25, -0.2) is 0 Å². The van der Waals surface area contributed by atoms with E-state index in [9.17, 15) is 14.4 Å². The van der Waals surface area contributed by atoms with Crippen LogP contribution in [0.4, 0.5) is 5.69 Å². The lowest BCUT2D eigenvalue weighted by atomic mass is 10.0. The van der Waals surface area contributed by atoms with E-state index in [0.717, 1.165) is 4.90 Å². The number of aromatic nitrogens is 1. The summed E-state index contributed by atoms with van der Waals surface area (Å²) in [5.74, 6) is -2.14. The summed E-state index contributed by atoms with van der Waals surface area (Å²) in [5.41, 5.74) is 1.14. The first kappa shape index (κ1) is 15.9. The number of aliphatic carboxylic acids is 1. The molecular weight excluding hydrogens is 332 g/mol. The third-order valence-electron chi connectivity index (χ3n) is 3.54. The Hall–Kier alpha value is -2.99. The van der Waals surface area contributed by atoms with Gasteiger partial charge in [0.1, 0.15) is 6.54 Å². The average molecular weight is 343 g/mol. The van der Waals surface area contributed by atoms with Crippen LogP contribution >= 0.6 is 11.6 Å². The molecule has 3 rings (SSSR count). The molecule has 2 heterocycles. The topological polar surface area (TPSA) is 87.6 Å². The van der Waals surface area contributed by atoms with E-state index in [1.165, 1.54) is 18.5 Å². The first-order chi connectivity index (χ1) is 11.5. The second-order valence-corrected chi connectivity index (χ2v) is 5.49. The molecule has 120 valence electrons. The lowest BCUT2D eigenvalue weighted by Crippen LogP contribution is -2.32. The van der Waals surface area contributed by atoms with Gasteiger partial charge in [0.2, 0.25) is 0 Å². The lowest BCUT2D eigenvalue weighted by Gasteiger charge is -2.13. The van der Waals surface area contributed by atoms with Crippen molar-refractivity contribution in [2.24, 2.45) is 0 Å². The molecule has 0 saturated heterocycles. The fraction of sp³-hybridized carbons (Fsp3) is 0.0588. The summed E-state index contributed by atoms with van der Waals surface area (Å²) in [4.78, 5) is 40.9. The number of ketones is 1. The minimum atomic E-state index is -1.16. The highest BCUT2D eigenvalue weighted by Crippen LogP contribution is 2.41. The Kier molecular flexibility index (Phi) is 4.14. The number of rotatable bonds is 4. The highest BCUT2D eigenvalue weighted by Gasteiger charge is 2.35. The van der Waals surface area contributed by atoms with Gasteiger partial charge in [-0.2, -0.15) is 0 Å². The van der Waals surface area contributed by atoms with Gasteiger partial charge in [0, 0.05) is 23.5 Å². The monoisotopic (exact) mass is 342 g/mol. The number of hydrogen-bond donors (Lipinski definition) is 1. The number of pyridine rings is 1. The molecular formula is C17H11ClN2O4. The van der Waals surface area contributed by atoms with Crippen LogP contribution in [0.3, 0.4) is 0 Å². The molecule has 0 bridgehead atoms. The summed E-state index contributed by atoms with van der Waals surface area (Å²) < 4.78 is 0. The number of anilines is 1. The smallest absolute Gasteiger partial charge is 0.323 e. The van der Waals surface area contributed by atoms with Gasteiger partial charge in [-0.05, 0) is 30.3 Å². The highest BCUT2D eigenvalue weighted by molar-refractivity contribution is 6.42. The Morgan fingerprint density at radius 2 is 2.04 bits per heavy atom. The van der Waals surface area contributed by atoms with Gasteiger partial charge in [0.05, 0.1) is 16.3 Å². The number of hydrogen-bond acceptors (Lipinski definition) is 4. The fourth-order valence-electron chi connectivity index (χ4n) is 2.52. The van der Waals surface area contributed by atoms with Crippen LogP contribution in [0.15, 0.2) is 48.8 Å². The van der Waals surface area contributed by atoms with E-state index >= 15 is 0 Å². The van der Waals surface area contributed by atoms with Crippen molar-refractivity contribution in [1.82, 2.24) is 4.98 Å². The number of nitrogens with zero attached hydrogens (tertiary/aromatic N) is 2. The van der Waals surface area contributed by atoms with Gasteiger partial charge in [-0.1, -0.05) is 17.7 Å². The van der Waals surface area contributed by atoms with Crippen LogP contribution in [0, 0.1) is 0 Å². The maximum atomic E-state index is 12.6. The Bertz CT molecular complexity index is 877. The third-order valence-corrected chi connectivity index (χ3v) is 3.86. The molecule has 1 aromatic carbocycles. The number of benzene rings is 1. The highest BCUT2D eigenvalue weighted by atomic mass is 35.5. The molecule has 1 aliphatic rings. The molecule has 0 aliphatic carbocycles. The maximum Gasteiger partial charge on any atom is 0.323 e. The molecule has 0 fully saturated rings. The van der Waals surface area contributed by atoms with E-state index in [4.69, 9.17) is 16.7 Å². The molecule has 1 amide bonds. The maximum absolute atomic E-state index is 12.6. The predicted molar refractivity (Wildman–Crippen MR) is 88.0 cm³/mol. The van der Waals surface area contributed by atoms with Gasteiger partial charge in [-0.15, -0.1) is 0 Å². The number of fused-ring (bicyclic) bond motifs is 1. The zero-order valence-electron chi connectivity index (χ0n) is 12.3. The average Bonchev–Trinajstić information content (AvgIpc) is 2.82. The third kappa shape index (κ3) is 2.79. The normalized spacial score (nSPS) is 14.8. The summed E-state index contributed by atoms with van der Waals surface area (Å²) in [6.07, 6.45) is 4.10. The summed E-state index contributed by atoms with van der Waals surface area (Å²) >= 11 is 6.17. The van der Waals surface area contributed by atoms with Gasteiger partial charge >= 0.3 is 5.97 Å². The molecule has 1 aromatic heterocycles. The first-order valence-electron chi connectivity index (χ1n) is 6.97. The van der Waals surface area contributed by atoms with Gasteiger partial charge < -0.3 is 5.11 Å². The van der Waals surface area contributed by atoms with Crippen molar-refractivity contribution in [3.8, 4) is 0 Å². The van der Waals surface area contributed by atoms with E-state index < -0.39 is 24.2 Å². The molecule has 0 atom stereocenters. The summed E-state index contributed by atoms with van der Waals surface area (Å²) in [7, 11) is 0. The Morgan fingerprint density at radius 3 is 2.71 bits per heavy atom. The van der Waals surface area contributed by atoms with Crippen molar-refractivity contribution in [3.63, 3.8) is 0 Å². The zero-order valence-corrected chi connectivity index (χ0v) is 13.0. The molecule has 1 aliphatic heterocycles. The Morgan fingerprint density at radius 1 is 1.25 bits per heavy atom. The second kappa shape index (κ2) is 6.25. The van der Waals surface area contributed by atoms with E-state index in [1.54, 1.807) is 30.3 Å². The number of carbonyl (C=O) groups excluding carboxylic acids is 2. The number of halogens is 1. The van der Waals surface area contributed by atoms with Crippen LogP contribution in [0.5, 0.6) is 0 Å². The summed E-state index contributed by atoms with van der Waals surface area (Å²) in [6, 6.07) is 7.99. The standard InChI is InChI=1S/C17H11ClN2O4/c18-12-4-1-5-13-16(12)11(17(24)20(13)9-15(22)23)7-14(21)10-3-2-6-19-8-10/h1-8H,9H2,(H,22,23). The van der Waals surface area contributed by atoms with Crippen molar-refractivity contribution in [1.29, 1.82) is 0 Å². The van der Waals surface area contributed by atoms with Crippen molar-refractivity contribution in [2.45, 2.75) is 0 Å². The lowest BCUT2D eigenvalue weighted by molar-refractivity contribution is -0.136. The number of carbonyl (C=O) groups is 3. The van der Waals surface area contributed by atoms with Crippen LogP contribution in [-0.4, -0.2) is 34.3 Å². The molecule has 1 N–H and O–H groups in total. The molecule has 7 heteroatoms. The first-order valence-corrected chi connectivity index (χ1v) is 7.35. The van der Waals surface area contributed by atoms with Crippen molar-refractivity contribution in [2.75, 3.05) is 11.4 Å². The summed E-state index contributed by atoms with van der Waals surface area (Å²) in [6.45, 7) is -0.509. The number of allylic oxidation sites excluding steroid dienone is 1. The number of amides is 1. The summed E-state index contributed by atoms with van der Waals surface area (Å²) in [5, 5.41) is 9.29. The molecule has 0 unspecified atom stereocenters. The minimum absolute atomic E-state index is 0.0747. The Balaban J connectivity index is 2.09. The predicted octanol–water partition coefficient (Wildman–Crippen LogP) is 2.43. The van der Waals surface area contributed by atoms with Crippen LogP contribution in [0.2, 0.25) is 5.02 Å². The van der Waals surface area contributed by atoms with E-state index in [1.807, 2.05) is 0 Å². The van der Waals surface area contributed by atoms with Crippen LogP contribution in [-0.2, 0) is 9.59 Å². The van der Waals surface area contributed by atoms with Crippen molar-refractivity contribution < 1.29 is 19.5 Å². The SMILES string of the molecule is O=C(O)CN1C(=O)C(=CC(=O)c2cccnc2)c2c(Cl)cccc21. The van der Waals surface area contributed by atoms with Crippen molar-refractivity contribution >= 4 is 40.5 Å². The minimum Gasteiger partial charge on any atom is -0.480 e. The van der Waals surface area contributed by atoms with Gasteiger partial charge in [-0.3, -0.25) is 24.3 Å². The molecule has 24 heavy (non-hydrogen) atoms. The Labute approximate surface area is 142 Å². The molecule has 0 saturated carbocycles. The fourth-order valence-corrected chi connectivity index (χ4v) is 2.79. The van der Waals surface area contributed by atoms with E-state index in [-0.39, 0.29) is 10.6 Å². The number of carboxylic acids is 1. The molecule has 6 nitrogen and oxygen atoms in total. The largest absolute Gasteiger partial charge is 0.480 e. The van der Waals surface area contributed by atoms with Gasteiger partial charge in [0.15, 0.2) is 5.78 Å². The molecule has 0 spiro atoms. The van der Waals surface area contributed by atoms with Crippen molar-refractivity contribution in [3.05, 3.63) is 65.0 Å². The second-order valence-electron chi connectivity index (χ2n) is 5.08. The van der Waals surface area contributed by atoms with Crippen LogP contribution in [0.1, 0.15) is 15.9 Å². The molecule has 2 aromatic rings. The van der Waals surface area contributed by atoms with Crippen LogP contribution < -0.4 is 4.90 Å².